The van der Waals surface area contributed by atoms with E-state index in [0.717, 1.165) is 29.9 Å². The predicted molar refractivity (Wildman–Crippen MR) is 176 cm³/mol. The highest BCUT2D eigenvalue weighted by Gasteiger charge is 2.47. The Hall–Kier alpha value is -2.73. The Morgan fingerprint density at radius 2 is 1.87 bits per heavy atom. The second kappa shape index (κ2) is 13.2. The summed E-state index contributed by atoms with van der Waals surface area (Å²) in [6.07, 6.45) is 2.91. The average Bonchev–Trinajstić information content (AvgIpc) is 3.59. The molecule has 0 unspecified atom stereocenters. The fourth-order valence-electron chi connectivity index (χ4n) is 5.89. The number of carbonyl (C=O) groups excluding carboxylic acids is 1. The van der Waals surface area contributed by atoms with Crippen LogP contribution in [0.5, 0.6) is 5.75 Å². The lowest BCUT2D eigenvalue weighted by molar-refractivity contribution is -0.0569. The zero-order valence-corrected chi connectivity index (χ0v) is 27.8. The molecule has 0 radical (unpaired) electrons. The maximum atomic E-state index is 12.6. The van der Waals surface area contributed by atoms with Crippen LogP contribution in [0.4, 0.5) is 0 Å². The van der Waals surface area contributed by atoms with Crippen LogP contribution < -0.4 is 10.1 Å². The minimum atomic E-state index is -1.13. The van der Waals surface area contributed by atoms with Crippen molar-refractivity contribution in [2.45, 2.75) is 69.6 Å². The quantitative estimate of drug-likeness (QED) is 0.100. The molecule has 2 heterocycles. The highest BCUT2D eigenvalue weighted by molar-refractivity contribution is 7.93. The molecule has 2 aliphatic carbocycles. The Morgan fingerprint density at radius 3 is 2.51 bits per heavy atom. The number of amides is 1. The zero-order chi connectivity index (χ0) is 31.9. The molecular weight excluding hydrogens is 659 g/mol. The second-order valence-electron chi connectivity index (χ2n) is 11.9. The van der Waals surface area contributed by atoms with E-state index in [0.29, 0.717) is 86.4 Å². The molecule has 4 aromatic rings. The van der Waals surface area contributed by atoms with Gasteiger partial charge in [-0.15, -0.1) is 0 Å². The maximum absolute atomic E-state index is 12.6. The minimum Gasteiger partial charge on any atom is -0.489 e. The molecule has 2 aliphatic rings. The van der Waals surface area contributed by atoms with Crippen LogP contribution in [0.15, 0.2) is 47.0 Å². The molecule has 1 amide bonds. The number of aromatic nitrogens is 3. The summed E-state index contributed by atoms with van der Waals surface area (Å²) in [6, 6.07) is 12.4. The number of nitrogens with one attached hydrogen (secondary N) is 1. The molecule has 2 aromatic heterocycles. The van der Waals surface area contributed by atoms with Crippen LogP contribution in [0.25, 0.3) is 11.3 Å². The van der Waals surface area contributed by atoms with Gasteiger partial charge in [0.2, 0.25) is 0 Å². The summed E-state index contributed by atoms with van der Waals surface area (Å²) >= 11 is 20.4. The molecular formula is C32H33Cl3N4O5S. The Morgan fingerprint density at radius 1 is 1.13 bits per heavy atom. The zero-order valence-electron chi connectivity index (χ0n) is 24.7. The van der Waals surface area contributed by atoms with Gasteiger partial charge in [-0.3, -0.25) is 9.48 Å². The third-order valence-corrected chi connectivity index (χ3v) is 9.67. The number of halogens is 3. The number of carbonyl (C=O) groups is 1. The third kappa shape index (κ3) is 6.59. The highest BCUT2D eigenvalue weighted by atomic mass is 35.5. The van der Waals surface area contributed by atoms with Crippen molar-refractivity contribution in [2.75, 3.05) is 12.3 Å². The van der Waals surface area contributed by atoms with E-state index in [1.165, 1.54) is 0 Å². The summed E-state index contributed by atoms with van der Waals surface area (Å²) in [5.41, 5.74) is 2.67. The molecule has 0 bridgehead atoms. The summed E-state index contributed by atoms with van der Waals surface area (Å²) < 4.78 is 22.7. The number of hydrogen-bond acceptors (Lipinski definition) is 8. The minimum absolute atomic E-state index is 0.00377. The third-order valence-electron chi connectivity index (χ3n) is 8.34. The van der Waals surface area contributed by atoms with Crippen LogP contribution in [-0.2, 0) is 12.2 Å². The normalized spacial score (nSPS) is 19.5. The number of hydrogen-bond donors (Lipinski definition) is 3. The van der Waals surface area contributed by atoms with Crippen LogP contribution in [-0.4, -0.2) is 42.8 Å². The number of rotatable bonds is 12. The smallest absolute Gasteiger partial charge is 0.271 e. The van der Waals surface area contributed by atoms with E-state index in [1.807, 2.05) is 18.5 Å². The first-order valence-electron chi connectivity index (χ1n) is 14.8. The standard InChI is InChI=1S/C32H33Cl3N4O5S/c1-17(2)39-27(13-26(37-39)31(40)36-10-11-45-42)19-14-32(41,15-19)22-9-8-20(12-25(22)35)43-16-21-29(38-44-30(21)18-6-7-18)28-23(33)4-3-5-24(28)34/h3-5,8-9,12-13,17-19,41-42H,6-7,10-11,14-16H2,1-2H3,(H,36,40). The lowest BCUT2D eigenvalue weighted by Crippen LogP contribution is -2.41. The van der Waals surface area contributed by atoms with Gasteiger partial charge in [-0.05, 0) is 81.9 Å². The van der Waals surface area contributed by atoms with Crippen molar-refractivity contribution >= 4 is 52.8 Å². The molecule has 2 saturated carbocycles. The van der Waals surface area contributed by atoms with Gasteiger partial charge in [-0.1, -0.05) is 52.1 Å². The van der Waals surface area contributed by atoms with Crippen molar-refractivity contribution in [3.8, 4) is 17.0 Å². The van der Waals surface area contributed by atoms with Crippen molar-refractivity contribution in [2.24, 2.45) is 0 Å². The van der Waals surface area contributed by atoms with Crippen LogP contribution in [0.3, 0.4) is 0 Å². The molecule has 6 rings (SSSR count). The first-order valence-corrected chi connectivity index (χ1v) is 16.9. The van der Waals surface area contributed by atoms with Gasteiger partial charge in [0.25, 0.3) is 5.91 Å². The molecule has 0 spiro atoms. The fourth-order valence-corrected chi connectivity index (χ4v) is 7.01. The van der Waals surface area contributed by atoms with Gasteiger partial charge in [0.1, 0.15) is 29.5 Å². The predicted octanol–water partition coefficient (Wildman–Crippen LogP) is 8.24. The van der Waals surface area contributed by atoms with Crippen molar-refractivity contribution in [1.29, 1.82) is 0 Å². The lowest BCUT2D eigenvalue weighted by atomic mass is 9.66. The molecule has 13 heteroatoms. The summed E-state index contributed by atoms with van der Waals surface area (Å²) in [4.78, 5) is 12.6. The molecule has 0 atom stereocenters. The van der Waals surface area contributed by atoms with E-state index >= 15 is 0 Å². The summed E-state index contributed by atoms with van der Waals surface area (Å²) in [6.45, 7) is 4.52. The largest absolute Gasteiger partial charge is 0.489 e. The first kappa shape index (κ1) is 32.2. The van der Waals surface area contributed by atoms with E-state index in [9.17, 15) is 9.90 Å². The second-order valence-corrected chi connectivity index (χ2v) is 13.8. The van der Waals surface area contributed by atoms with Crippen molar-refractivity contribution < 1.29 is 23.7 Å². The van der Waals surface area contributed by atoms with Gasteiger partial charge in [-0.25, -0.2) is 0 Å². The van der Waals surface area contributed by atoms with Gasteiger partial charge in [0.15, 0.2) is 0 Å². The van der Waals surface area contributed by atoms with Crippen LogP contribution in [0.2, 0.25) is 15.1 Å². The Labute approximate surface area is 280 Å². The van der Waals surface area contributed by atoms with Crippen LogP contribution in [0, 0.1) is 0 Å². The molecule has 238 valence electrons. The monoisotopic (exact) mass is 690 g/mol. The van der Waals surface area contributed by atoms with E-state index in [4.69, 9.17) is 48.6 Å². The SMILES string of the molecule is CC(C)n1nc(C(=O)NCCSO)cc1C1CC(O)(c2ccc(OCc3c(-c4c(Cl)cccc4Cl)noc3C3CC3)cc2Cl)C1. The lowest BCUT2D eigenvalue weighted by Gasteiger charge is -2.44. The topological polar surface area (TPSA) is 123 Å². The molecule has 3 N–H and O–H groups in total. The molecule has 0 aliphatic heterocycles. The Balaban J connectivity index is 1.16. The fraction of sp³-hybridized carbons (Fsp3) is 0.406. The van der Waals surface area contributed by atoms with Gasteiger partial charge in [0.05, 0.1) is 26.2 Å². The molecule has 2 aromatic carbocycles. The van der Waals surface area contributed by atoms with Crippen molar-refractivity contribution in [3.05, 3.63) is 85.8 Å². The van der Waals surface area contributed by atoms with Crippen molar-refractivity contribution in [3.63, 3.8) is 0 Å². The van der Waals surface area contributed by atoms with Gasteiger partial charge < -0.3 is 24.2 Å². The van der Waals surface area contributed by atoms with E-state index in [1.54, 1.807) is 42.5 Å². The first-order chi connectivity index (χ1) is 21.6. The Kier molecular flexibility index (Phi) is 9.43. The molecule has 0 saturated heterocycles. The van der Waals surface area contributed by atoms with E-state index in [2.05, 4.69) is 15.6 Å². The van der Waals surface area contributed by atoms with Crippen LogP contribution in [0.1, 0.15) is 90.5 Å². The van der Waals surface area contributed by atoms with Gasteiger partial charge in [0, 0.05) is 47.0 Å². The van der Waals surface area contributed by atoms with Crippen molar-refractivity contribution in [1.82, 2.24) is 20.3 Å². The Bertz CT molecular complexity index is 1690. The summed E-state index contributed by atoms with van der Waals surface area (Å²) in [7, 11) is 0. The molecule has 45 heavy (non-hydrogen) atoms. The maximum Gasteiger partial charge on any atom is 0.271 e. The molecule has 2 fully saturated rings. The highest BCUT2D eigenvalue weighted by Crippen LogP contribution is 2.53. The summed E-state index contributed by atoms with van der Waals surface area (Å²) in [5, 5.41) is 24.5. The van der Waals surface area contributed by atoms with Gasteiger partial charge in [-0.2, -0.15) is 5.10 Å². The van der Waals surface area contributed by atoms with Gasteiger partial charge >= 0.3 is 0 Å². The average molecular weight is 692 g/mol. The van der Waals surface area contributed by atoms with Crippen LogP contribution >= 0.6 is 46.8 Å². The number of ether oxygens (including phenoxy) is 1. The molecule has 9 nitrogen and oxygen atoms in total. The number of aliphatic hydroxyl groups is 1. The number of nitrogens with zero attached hydrogens (tertiary/aromatic N) is 3. The number of benzene rings is 2. The summed E-state index contributed by atoms with van der Waals surface area (Å²) in [5.74, 6) is 1.70. The van der Waals surface area contributed by atoms with E-state index < -0.39 is 5.60 Å². The van der Waals surface area contributed by atoms with E-state index in [-0.39, 0.29) is 24.5 Å².